The normalized spacial score (nSPS) is 11.4. The van der Waals surface area contributed by atoms with Gasteiger partial charge in [0.25, 0.3) is 5.91 Å². The van der Waals surface area contributed by atoms with E-state index in [1.807, 2.05) is 6.07 Å². The van der Waals surface area contributed by atoms with Crippen LogP contribution < -0.4 is 14.2 Å². The fraction of sp³-hybridized carbons (Fsp3) is 0.0435. The number of carbonyl (C=O) groups excluding carboxylic acids is 1. The van der Waals surface area contributed by atoms with E-state index in [4.69, 9.17) is 32.1 Å². The van der Waals surface area contributed by atoms with Gasteiger partial charge >= 0.3 is 10.1 Å². The number of anilines is 1. The second kappa shape index (κ2) is 10.4. The largest absolute Gasteiger partial charge is 0.493 e. The Balaban J connectivity index is 1.84. The van der Waals surface area contributed by atoms with Gasteiger partial charge in [-0.25, -0.2) is 0 Å². The maximum Gasteiger partial charge on any atom is 0.339 e. The average molecular weight is 503 g/mol. The van der Waals surface area contributed by atoms with Gasteiger partial charge in [-0.1, -0.05) is 47.5 Å². The van der Waals surface area contributed by atoms with Crippen LogP contribution in [0.15, 0.2) is 77.2 Å². The first-order chi connectivity index (χ1) is 15.7. The van der Waals surface area contributed by atoms with Crippen molar-refractivity contribution in [1.29, 1.82) is 5.26 Å². The first-order valence-corrected chi connectivity index (χ1v) is 11.5. The third-order valence-corrected chi connectivity index (χ3v) is 6.26. The van der Waals surface area contributed by atoms with E-state index in [9.17, 15) is 18.5 Å². The zero-order valence-electron chi connectivity index (χ0n) is 17.1. The number of methoxy groups -OCH3 is 1. The Morgan fingerprint density at radius 2 is 1.73 bits per heavy atom. The molecule has 0 saturated carbocycles. The smallest absolute Gasteiger partial charge is 0.339 e. The lowest BCUT2D eigenvalue weighted by atomic mass is 10.1. The van der Waals surface area contributed by atoms with E-state index in [2.05, 4.69) is 5.32 Å². The zero-order valence-corrected chi connectivity index (χ0v) is 19.4. The first-order valence-electron chi connectivity index (χ1n) is 9.29. The van der Waals surface area contributed by atoms with E-state index < -0.39 is 16.0 Å². The summed E-state index contributed by atoms with van der Waals surface area (Å²) in [5.74, 6) is -0.607. The predicted molar refractivity (Wildman–Crippen MR) is 126 cm³/mol. The van der Waals surface area contributed by atoms with E-state index in [1.165, 1.54) is 55.7 Å². The Kier molecular flexibility index (Phi) is 7.61. The number of nitriles is 1. The molecule has 0 atom stereocenters. The van der Waals surface area contributed by atoms with Crippen LogP contribution in [0.3, 0.4) is 0 Å². The summed E-state index contributed by atoms with van der Waals surface area (Å²) in [7, 11) is -2.73. The van der Waals surface area contributed by atoms with Crippen LogP contribution in [0, 0.1) is 11.3 Å². The van der Waals surface area contributed by atoms with Crippen molar-refractivity contribution in [2.24, 2.45) is 0 Å². The summed E-state index contributed by atoms with van der Waals surface area (Å²) >= 11 is 11.8. The molecule has 3 aromatic carbocycles. The van der Waals surface area contributed by atoms with Crippen molar-refractivity contribution in [3.05, 3.63) is 87.9 Å². The number of ether oxygens (including phenoxy) is 1. The van der Waals surface area contributed by atoms with Crippen LogP contribution in [-0.4, -0.2) is 21.4 Å². The van der Waals surface area contributed by atoms with Gasteiger partial charge in [-0.05, 0) is 54.1 Å². The molecule has 0 bridgehead atoms. The minimum absolute atomic E-state index is 0.0123. The fourth-order valence-electron chi connectivity index (χ4n) is 2.68. The second-order valence-electron chi connectivity index (χ2n) is 6.51. The summed E-state index contributed by atoms with van der Waals surface area (Å²) in [5, 5.41) is 12.6. The van der Waals surface area contributed by atoms with Crippen LogP contribution >= 0.6 is 23.2 Å². The van der Waals surface area contributed by atoms with Gasteiger partial charge in [-0.15, -0.1) is 0 Å². The maximum atomic E-state index is 12.5. The molecule has 0 fully saturated rings. The molecule has 0 aromatic heterocycles. The SMILES string of the molecule is COc1cc(/C=C(\C#N)C(=O)Nc2ccc(Cl)c(Cl)c2)ccc1OS(=O)(=O)c1ccccc1. The molecule has 3 aromatic rings. The molecule has 1 amide bonds. The van der Waals surface area contributed by atoms with Crippen molar-refractivity contribution in [3.8, 4) is 17.6 Å². The Morgan fingerprint density at radius 3 is 2.36 bits per heavy atom. The molecule has 1 N–H and O–H groups in total. The van der Waals surface area contributed by atoms with E-state index in [-0.39, 0.29) is 27.0 Å². The first kappa shape index (κ1) is 24.1. The van der Waals surface area contributed by atoms with Crippen LogP contribution in [0.1, 0.15) is 5.56 Å². The van der Waals surface area contributed by atoms with E-state index in [0.29, 0.717) is 16.3 Å². The molecule has 0 spiro atoms. The van der Waals surface area contributed by atoms with Crippen molar-refractivity contribution in [1.82, 2.24) is 0 Å². The van der Waals surface area contributed by atoms with Crippen LogP contribution in [0.4, 0.5) is 5.69 Å². The standard InChI is InChI=1S/C23H16Cl2N2O5S/c1-31-22-12-15(7-10-21(22)32-33(29,30)18-5-3-2-4-6-18)11-16(14-26)23(28)27-17-8-9-19(24)20(25)13-17/h2-13H,1H3,(H,27,28)/b16-11+. The van der Waals surface area contributed by atoms with Gasteiger partial charge in [0.15, 0.2) is 11.5 Å². The predicted octanol–water partition coefficient (Wildman–Crippen LogP) is 5.32. The van der Waals surface area contributed by atoms with E-state index >= 15 is 0 Å². The number of rotatable bonds is 7. The minimum Gasteiger partial charge on any atom is -0.493 e. The van der Waals surface area contributed by atoms with E-state index in [1.54, 1.807) is 24.3 Å². The molecule has 33 heavy (non-hydrogen) atoms. The number of halogens is 2. The maximum absolute atomic E-state index is 12.5. The Bertz CT molecular complexity index is 1370. The van der Waals surface area contributed by atoms with Crippen LogP contribution in [-0.2, 0) is 14.9 Å². The lowest BCUT2D eigenvalue weighted by Crippen LogP contribution is -2.13. The summed E-state index contributed by atoms with van der Waals surface area (Å²) < 4.78 is 35.4. The molecule has 10 heteroatoms. The quantitative estimate of drug-likeness (QED) is 0.266. The van der Waals surface area contributed by atoms with Gasteiger partial charge in [0, 0.05) is 5.69 Å². The summed E-state index contributed by atoms with van der Waals surface area (Å²) in [4.78, 5) is 12.5. The zero-order chi connectivity index (χ0) is 24.0. The fourth-order valence-corrected chi connectivity index (χ4v) is 3.94. The summed E-state index contributed by atoms with van der Waals surface area (Å²) in [6.07, 6.45) is 1.32. The summed E-state index contributed by atoms with van der Waals surface area (Å²) in [5.41, 5.74) is 0.578. The molecule has 0 saturated heterocycles. The molecule has 168 valence electrons. The molecule has 0 aliphatic rings. The molecule has 0 heterocycles. The van der Waals surface area contributed by atoms with Crippen LogP contribution in [0.25, 0.3) is 6.08 Å². The molecule has 0 aliphatic heterocycles. The van der Waals surface area contributed by atoms with Gasteiger partial charge in [-0.2, -0.15) is 13.7 Å². The highest BCUT2D eigenvalue weighted by Crippen LogP contribution is 2.31. The van der Waals surface area contributed by atoms with Crippen LogP contribution in [0.2, 0.25) is 10.0 Å². The molecule has 7 nitrogen and oxygen atoms in total. The molecule has 0 aliphatic carbocycles. The van der Waals surface area contributed by atoms with Gasteiger partial charge in [0.05, 0.1) is 17.2 Å². The summed E-state index contributed by atoms with van der Waals surface area (Å²) in [6.45, 7) is 0. The Morgan fingerprint density at radius 1 is 1.00 bits per heavy atom. The van der Waals surface area contributed by atoms with Crippen molar-refractivity contribution < 1.29 is 22.1 Å². The Hall–Kier alpha value is -3.51. The van der Waals surface area contributed by atoms with Gasteiger partial charge in [0.1, 0.15) is 16.5 Å². The van der Waals surface area contributed by atoms with Gasteiger partial charge in [0.2, 0.25) is 0 Å². The number of amides is 1. The molecule has 3 rings (SSSR count). The van der Waals surface area contributed by atoms with E-state index in [0.717, 1.165) is 0 Å². The lowest BCUT2D eigenvalue weighted by molar-refractivity contribution is -0.112. The summed E-state index contributed by atoms with van der Waals surface area (Å²) in [6, 6.07) is 18.3. The van der Waals surface area contributed by atoms with Gasteiger partial charge in [-0.3, -0.25) is 4.79 Å². The number of benzene rings is 3. The second-order valence-corrected chi connectivity index (χ2v) is 8.87. The molecular formula is C23H16Cl2N2O5S. The van der Waals surface area contributed by atoms with Crippen molar-refractivity contribution >= 4 is 51.0 Å². The minimum atomic E-state index is -4.07. The Labute approximate surface area is 200 Å². The highest BCUT2D eigenvalue weighted by molar-refractivity contribution is 7.87. The lowest BCUT2D eigenvalue weighted by Gasteiger charge is -2.11. The third kappa shape index (κ3) is 6.05. The number of nitrogens with one attached hydrogen (secondary N) is 1. The van der Waals surface area contributed by atoms with Crippen molar-refractivity contribution in [2.75, 3.05) is 12.4 Å². The average Bonchev–Trinajstić information content (AvgIpc) is 2.81. The topological polar surface area (TPSA) is 105 Å². The third-order valence-electron chi connectivity index (χ3n) is 4.27. The van der Waals surface area contributed by atoms with Crippen molar-refractivity contribution in [2.45, 2.75) is 4.90 Å². The number of hydrogen-bond donors (Lipinski definition) is 1. The van der Waals surface area contributed by atoms with Gasteiger partial charge < -0.3 is 14.2 Å². The number of carbonyl (C=O) groups is 1. The van der Waals surface area contributed by atoms with Crippen LogP contribution in [0.5, 0.6) is 11.5 Å². The molecular weight excluding hydrogens is 487 g/mol. The number of hydrogen-bond acceptors (Lipinski definition) is 6. The number of nitrogens with zero attached hydrogens (tertiary/aromatic N) is 1. The molecule has 0 unspecified atom stereocenters. The highest BCUT2D eigenvalue weighted by Gasteiger charge is 2.19. The van der Waals surface area contributed by atoms with Crippen molar-refractivity contribution in [3.63, 3.8) is 0 Å². The highest BCUT2D eigenvalue weighted by atomic mass is 35.5. The monoisotopic (exact) mass is 502 g/mol. The molecule has 0 radical (unpaired) electrons.